The first kappa shape index (κ1) is 43.9. The summed E-state index contributed by atoms with van der Waals surface area (Å²) in [5, 5.41) is 22.6. The molecule has 6 aromatic rings. The molecule has 1 aliphatic heterocycles. The fourth-order valence-electron chi connectivity index (χ4n) is 7.57. The summed E-state index contributed by atoms with van der Waals surface area (Å²) in [4.78, 5) is 67.3. The molecule has 7 rings (SSSR count). The smallest absolute Gasteiger partial charge is 0.260 e. The number of carbonyl (C=O) groups excluding carboxylic acids is 4. The van der Waals surface area contributed by atoms with E-state index in [0.29, 0.717) is 74.1 Å². The van der Waals surface area contributed by atoms with Crippen LogP contribution in [-0.4, -0.2) is 108 Å². The number of aromatic nitrogens is 3. The zero-order valence-corrected chi connectivity index (χ0v) is 35.8. The molecule has 2 amide bonds. The van der Waals surface area contributed by atoms with Crippen LogP contribution in [0.5, 0.6) is 5.75 Å². The Morgan fingerprint density at radius 2 is 1.81 bits per heavy atom. The number of nitrogens with one attached hydrogen (secondary N) is 2. The Bertz CT molecular complexity index is 2620. The van der Waals surface area contributed by atoms with Crippen LogP contribution in [0.1, 0.15) is 54.2 Å². The van der Waals surface area contributed by atoms with E-state index in [1.807, 2.05) is 66.7 Å². The maximum Gasteiger partial charge on any atom is 0.260 e. The van der Waals surface area contributed by atoms with E-state index in [-0.39, 0.29) is 36.4 Å². The molecule has 1 unspecified atom stereocenters. The molecule has 3 aromatic carbocycles. The fourth-order valence-corrected chi connectivity index (χ4v) is 7.57. The first-order chi connectivity index (χ1) is 30.4. The zero-order valence-electron chi connectivity index (χ0n) is 35.8. The number of rotatable bonds is 18. The van der Waals surface area contributed by atoms with Gasteiger partial charge in [0.05, 0.1) is 17.5 Å². The van der Waals surface area contributed by atoms with Crippen LogP contribution in [0.3, 0.4) is 0 Å². The number of pyridine rings is 1. The molecule has 0 spiro atoms. The largest absolute Gasteiger partial charge is 0.484 e. The highest BCUT2D eigenvalue weighted by Gasteiger charge is 2.26. The van der Waals surface area contributed by atoms with Crippen molar-refractivity contribution < 1.29 is 33.4 Å². The van der Waals surface area contributed by atoms with Gasteiger partial charge in [0.15, 0.2) is 18.7 Å². The van der Waals surface area contributed by atoms with Gasteiger partial charge < -0.3 is 39.5 Å². The van der Waals surface area contributed by atoms with Gasteiger partial charge in [-0.3, -0.25) is 14.4 Å². The van der Waals surface area contributed by atoms with Gasteiger partial charge in [-0.05, 0) is 91.7 Å². The van der Waals surface area contributed by atoms with Crippen LogP contribution < -0.4 is 25.3 Å². The highest BCUT2D eigenvalue weighted by molar-refractivity contribution is 6.08. The lowest BCUT2D eigenvalue weighted by Gasteiger charge is -2.36. The molecule has 0 saturated carbocycles. The number of ether oxygens (including phenoxy) is 1. The van der Waals surface area contributed by atoms with E-state index in [2.05, 4.69) is 32.1 Å². The van der Waals surface area contributed by atoms with Gasteiger partial charge in [0, 0.05) is 87.7 Å². The quantitative estimate of drug-likeness (QED) is 0.0500. The number of aliphatic hydroxyl groups is 1. The predicted molar refractivity (Wildman–Crippen MR) is 242 cm³/mol. The third-order valence-corrected chi connectivity index (χ3v) is 11.0. The molecule has 0 radical (unpaired) electrons. The Labute approximate surface area is 365 Å². The van der Waals surface area contributed by atoms with E-state index >= 15 is 0 Å². The van der Waals surface area contributed by atoms with Crippen LogP contribution in [0.25, 0.3) is 21.7 Å². The summed E-state index contributed by atoms with van der Waals surface area (Å²) in [6.07, 6.45) is 6.90. The summed E-state index contributed by atoms with van der Waals surface area (Å²) in [7, 11) is 3.39. The van der Waals surface area contributed by atoms with Crippen molar-refractivity contribution in [1.82, 2.24) is 30.2 Å². The van der Waals surface area contributed by atoms with Crippen molar-refractivity contribution in [1.29, 1.82) is 0 Å². The minimum absolute atomic E-state index is 0.109. The summed E-state index contributed by atoms with van der Waals surface area (Å²) in [6.45, 7) is 9.81. The fraction of sp³-hybridized carbons (Fsp3) is 0.298. The van der Waals surface area contributed by atoms with Gasteiger partial charge in [-0.1, -0.05) is 18.2 Å². The lowest BCUT2D eigenvalue weighted by atomic mass is 9.92. The molecule has 0 aliphatic carbocycles. The molecule has 1 fully saturated rings. The number of furan rings is 1. The maximum absolute atomic E-state index is 13.3. The van der Waals surface area contributed by atoms with Gasteiger partial charge in [-0.25, -0.2) is 20.0 Å². The van der Waals surface area contributed by atoms with E-state index in [1.54, 1.807) is 61.3 Å². The van der Waals surface area contributed by atoms with Crippen LogP contribution >= 0.6 is 0 Å². The number of aldehydes is 2. The third-order valence-electron chi connectivity index (χ3n) is 11.0. The third kappa shape index (κ3) is 9.98. The maximum atomic E-state index is 13.3. The molecule has 1 aliphatic rings. The van der Waals surface area contributed by atoms with Crippen molar-refractivity contribution in [3.63, 3.8) is 0 Å². The number of hydrogen-bond donors (Lipinski definition) is 3. The van der Waals surface area contributed by atoms with Crippen LogP contribution in [0, 0.1) is 0 Å². The van der Waals surface area contributed by atoms with E-state index in [1.165, 1.54) is 6.20 Å². The lowest BCUT2D eigenvalue weighted by molar-refractivity contribution is -0.133. The molecule has 326 valence electrons. The average Bonchev–Trinajstić information content (AvgIpc) is 3.73. The van der Waals surface area contributed by atoms with Gasteiger partial charge in [0.25, 0.3) is 5.91 Å². The van der Waals surface area contributed by atoms with Gasteiger partial charge in [0.1, 0.15) is 29.0 Å². The van der Waals surface area contributed by atoms with Crippen molar-refractivity contribution >= 4 is 75.1 Å². The number of hydrogen-bond acceptors (Lipinski definition) is 14. The van der Waals surface area contributed by atoms with Crippen molar-refractivity contribution in [2.75, 3.05) is 68.7 Å². The predicted octanol–water partition coefficient (Wildman–Crippen LogP) is 6.26. The minimum Gasteiger partial charge on any atom is -0.484 e. The highest BCUT2D eigenvalue weighted by Crippen LogP contribution is 2.36. The van der Waals surface area contributed by atoms with E-state index in [9.17, 15) is 24.3 Å². The Morgan fingerprint density at radius 1 is 1.03 bits per heavy atom. The summed E-state index contributed by atoms with van der Waals surface area (Å²) in [5.74, 6) is 0.824. The molecule has 16 nitrogen and oxygen atoms in total. The second-order valence-corrected chi connectivity index (χ2v) is 15.8. The number of fused-ring (bicyclic) bond motifs is 3. The van der Waals surface area contributed by atoms with Crippen molar-refractivity contribution in [3.8, 4) is 5.75 Å². The molecule has 1 saturated heterocycles. The Balaban J connectivity index is 0.961. The molecular formula is C47H51N9O7. The first-order valence-corrected chi connectivity index (χ1v) is 20.7. The van der Waals surface area contributed by atoms with Gasteiger partial charge >= 0.3 is 0 Å². The Hall–Kier alpha value is -7.17. The number of nitrogens with zero attached hydrogens (tertiary/aromatic N) is 7. The minimum atomic E-state index is -1.19. The number of amides is 2. The number of benzene rings is 3. The topological polar surface area (TPSA) is 187 Å². The average molecular weight is 854 g/mol. The van der Waals surface area contributed by atoms with Crippen LogP contribution in [0.15, 0.2) is 102 Å². The Morgan fingerprint density at radius 3 is 2.51 bits per heavy atom. The van der Waals surface area contributed by atoms with Crippen LogP contribution in [0.4, 0.5) is 29.0 Å². The summed E-state index contributed by atoms with van der Waals surface area (Å²) >= 11 is 0. The summed E-state index contributed by atoms with van der Waals surface area (Å²) < 4.78 is 11.8. The van der Waals surface area contributed by atoms with Crippen LogP contribution in [-0.2, 0) is 20.0 Å². The summed E-state index contributed by atoms with van der Waals surface area (Å²) in [5.41, 5.74) is 2.61. The summed E-state index contributed by atoms with van der Waals surface area (Å²) in [6, 6.07) is 22.5. The van der Waals surface area contributed by atoms with Crippen LogP contribution in [0.2, 0.25) is 0 Å². The monoisotopic (exact) mass is 853 g/mol. The number of hydrazine groups is 1. The normalized spacial score (nSPS) is 13.5. The molecule has 0 bridgehead atoms. The lowest BCUT2D eigenvalue weighted by Crippen LogP contribution is -2.50. The Kier molecular flexibility index (Phi) is 13.4. The SMILES string of the molecule is C=CCN(C)N(c1cccc(C(C)(C)O)n1)c1nc(Nc2ccc(N3CCN(C(=O)COc4ccc5c(ccc6occ(C(C=O)CCC(=O)NC)c65)c4)CC3)cc2)ncc1C=O. The standard InChI is InChI=1S/C47H51N9O7/c1-6-20-53(5)56(41-9-7-8-40(51-41)47(2,3)61)45-33(28-58)26-49-46(52-45)50-34-12-14-35(15-13-34)54-21-23-55(24-22-54)43(60)30-62-36-16-17-37-31(25-36)10-18-39-44(37)38(29-63-39)32(27-57)11-19-42(59)48-4/h6-10,12-18,25-29,32,61H,1,11,19-24,30H2,2-5H3,(H,48,59)(H,49,50,52). The van der Waals surface area contributed by atoms with Crippen molar-refractivity contribution in [2.24, 2.45) is 0 Å². The second kappa shape index (κ2) is 19.3. The molecule has 1 atom stereocenters. The second-order valence-electron chi connectivity index (χ2n) is 15.8. The van der Waals surface area contributed by atoms with Gasteiger partial charge in [-0.2, -0.15) is 4.98 Å². The molecule has 3 aromatic heterocycles. The van der Waals surface area contributed by atoms with E-state index < -0.39 is 11.5 Å². The molecule has 63 heavy (non-hydrogen) atoms. The number of carbonyl (C=O) groups is 4. The van der Waals surface area contributed by atoms with E-state index in [4.69, 9.17) is 14.1 Å². The van der Waals surface area contributed by atoms with Crippen molar-refractivity contribution in [3.05, 3.63) is 115 Å². The molecular weight excluding hydrogens is 803 g/mol. The highest BCUT2D eigenvalue weighted by atomic mass is 16.5. The molecule has 4 heterocycles. The van der Waals surface area contributed by atoms with Gasteiger partial charge in [0.2, 0.25) is 11.9 Å². The molecule has 16 heteroatoms. The zero-order chi connectivity index (χ0) is 44.7. The number of anilines is 5. The van der Waals surface area contributed by atoms with Crippen molar-refractivity contribution in [2.45, 2.75) is 38.2 Å². The number of likely N-dealkylation sites (N-methyl/N-ethyl adjacent to an activating group) is 1. The number of piperazine rings is 1. The first-order valence-electron chi connectivity index (χ1n) is 20.7. The molecule has 3 N–H and O–H groups in total. The van der Waals surface area contributed by atoms with E-state index in [0.717, 1.165) is 39.4 Å². The van der Waals surface area contributed by atoms with Gasteiger partial charge in [-0.15, -0.1) is 6.58 Å².